The Bertz CT molecular complexity index is 1920. The van der Waals surface area contributed by atoms with Crippen LogP contribution in [0.5, 0.6) is 5.75 Å². The van der Waals surface area contributed by atoms with Gasteiger partial charge < -0.3 is 29.7 Å². The van der Waals surface area contributed by atoms with Gasteiger partial charge >= 0.3 is 6.03 Å². The van der Waals surface area contributed by atoms with Crippen molar-refractivity contribution in [3.05, 3.63) is 89.1 Å². The maximum absolute atomic E-state index is 14.8. The van der Waals surface area contributed by atoms with Crippen LogP contribution < -0.4 is 15.0 Å². The number of ether oxygens (including phenoxy) is 1. The van der Waals surface area contributed by atoms with Crippen molar-refractivity contribution in [3.8, 4) is 5.75 Å². The lowest BCUT2D eigenvalue weighted by Gasteiger charge is -2.39. The number of nitrogens with zero attached hydrogens (tertiary/aromatic N) is 3. The summed E-state index contributed by atoms with van der Waals surface area (Å²) in [5, 5.41) is 4.81. The second kappa shape index (κ2) is 14.4. The van der Waals surface area contributed by atoms with Crippen LogP contribution in [0.4, 0.5) is 10.5 Å². The highest BCUT2D eigenvalue weighted by Crippen LogP contribution is 2.35. The van der Waals surface area contributed by atoms with Crippen molar-refractivity contribution < 1.29 is 22.7 Å². The van der Waals surface area contributed by atoms with E-state index in [4.69, 9.17) is 16.3 Å². The summed E-state index contributed by atoms with van der Waals surface area (Å²) >= 11 is 6.42. The number of likely N-dealkylation sites (tertiary alicyclic amines) is 1. The van der Waals surface area contributed by atoms with E-state index < -0.39 is 15.9 Å². The minimum Gasteiger partial charge on any atom is -0.490 e. The fourth-order valence-electron chi connectivity index (χ4n) is 7.14. The van der Waals surface area contributed by atoms with Gasteiger partial charge in [0.05, 0.1) is 4.90 Å². The second-order valence-electron chi connectivity index (χ2n) is 13.6. The Hall–Kier alpha value is -4.06. The number of halogens is 1. The van der Waals surface area contributed by atoms with E-state index in [1.807, 2.05) is 74.6 Å². The summed E-state index contributed by atoms with van der Waals surface area (Å²) in [4.78, 5) is 38.0. The van der Waals surface area contributed by atoms with Crippen molar-refractivity contribution in [2.24, 2.45) is 5.92 Å². The molecule has 1 aromatic heterocycles. The minimum atomic E-state index is -3.29. The lowest BCUT2D eigenvalue weighted by atomic mass is 9.88. The van der Waals surface area contributed by atoms with Gasteiger partial charge in [-0.3, -0.25) is 4.79 Å². The number of hydrogen-bond acceptors (Lipinski definition) is 6. The molecule has 3 atom stereocenters. The number of H-pyrrole nitrogens is 1. The third kappa shape index (κ3) is 7.90. The van der Waals surface area contributed by atoms with Gasteiger partial charge in [-0.2, -0.15) is 0 Å². The van der Waals surface area contributed by atoms with Gasteiger partial charge in [0.1, 0.15) is 17.9 Å². The van der Waals surface area contributed by atoms with E-state index in [0.29, 0.717) is 43.2 Å². The molecule has 0 bridgehead atoms. The van der Waals surface area contributed by atoms with E-state index in [1.165, 1.54) is 18.4 Å². The zero-order chi connectivity index (χ0) is 34.9. The number of anilines is 1. The summed E-state index contributed by atoms with van der Waals surface area (Å²) in [6.07, 6.45) is 5.00. The van der Waals surface area contributed by atoms with E-state index in [0.717, 1.165) is 40.7 Å². The third-order valence-corrected chi connectivity index (χ3v) is 11.0. The van der Waals surface area contributed by atoms with Crippen molar-refractivity contribution in [1.29, 1.82) is 0 Å². The molecule has 0 aliphatic carbocycles. The monoisotopic (exact) mass is 705 g/mol. The fourth-order valence-corrected chi connectivity index (χ4v) is 7.96. The molecule has 3 amide bonds. The van der Waals surface area contributed by atoms with Crippen LogP contribution in [0.1, 0.15) is 36.8 Å². The van der Waals surface area contributed by atoms with Crippen molar-refractivity contribution in [2.45, 2.75) is 49.1 Å². The van der Waals surface area contributed by atoms with Gasteiger partial charge in [-0.15, -0.1) is 0 Å². The topological polar surface area (TPSA) is 115 Å². The lowest BCUT2D eigenvalue weighted by Crippen LogP contribution is -2.57. The molecule has 0 saturated carbocycles. The predicted octanol–water partition coefficient (Wildman–Crippen LogP) is 5.72. The molecule has 2 aliphatic rings. The summed E-state index contributed by atoms with van der Waals surface area (Å²) in [5.74, 6) is 0.290. The van der Waals surface area contributed by atoms with Crippen molar-refractivity contribution in [3.63, 3.8) is 0 Å². The van der Waals surface area contributed by atoms with Crippen LogP contribution in [0.2, 0.25) is 5.02 Å². The number of carbonyl (C=O) groups is 2. The van der Waals surface area contributed by atoms with Crippen molar-refractivity contribution in [1.82, 2.24) is 20.1 Å². The Morgan fingerprint density at radius 2 is 1.78 bits per heavy atom. The molecule has 10 nitrogen and oxygen atoms in total. The Kier molecular flexibility index (Phi) is 10.2. The van der Waals surface area contributed by atoms with Gasteiger partial charge in [-0.05, 0) is 86.1 Å². The molecule has 3 aromatic carbocycles. The zero-order valence-electron chi connectivity index (χ0n) is 28.4. The molecule has 12 heteroatoms. The number of urea groups is 1. The Morgan fingerprint density at radius 3 is 2.47 bits per heavy atom. The van der Waals surface area contributed by atoms with Crippen LogP contribution in [0, 0.1) is 5.92 Å². The highest BCUT2D eigenvalue weighted by molar-refractivity contribution is 7.90. The number of sulfone groups is 1. The molecule has 0 radical (unpaired) electrons. The summed E-state index contributed by atoms with van der Waals surface area (Å²) in [6, 6.07) is 18.9. The van der Waals surface area contributed by atoms with Crippen LogP contribution in [0.25, 0.3) is 10.9 Å². The normalized spacial score (nSPS) is 18.3. The minimum absolute atomic E-state index is 0.124. The number of fused-ring (bicyclic) bond motifs is 2. The molecule has 2 N–H and O–H groups in total. The van der Waals surface area contributed by atoms with Crippen molar-refractivity contribution in [2.75, 3.05) is 51.4 Å². The number of carbonyl (C=O) groups excluding carboxylic acids is 2. The molecule has 260 valence electrons. The van der Waals surface area contributed by atoms with Crippen LogP contribution in [0.3, 0.4) is 0 Å². The number of aromatic amines is 1. The van der Waals surface area contributed by atoms with E-state index in [1.54, 1.807) is 17.0 Å². The molecule has 3 heterocycles. The fraction of sp³-hybridized carbons (Fsp3) is 0.405. The van der Waals surface area contributed by atoms with Gasteiger partial charge in [0, 0.05) is 79.0 Å². The number of nitrogens with one attached hydrogen (secondary N) is 2. The summed E-state index contributed by atoms with van der Waals surface area (Å²) < 4.78 is 29.8. The summed E-state index contributed by atoms with van der Waals surface area (Å²) in [7, 11) is 0.773. The van der Waals surface area contributed by atoms with Gasteiger partial charge in [-0.25, -0.2) is 13.2 Å². The smallest absolute Gasteiger partial charge is 0.318 e. The molecule has 1 saturated heterocycles. The first kappa shape index (κ1) is 34.8. The zero-order valence-corrected chi connectivity index (χ0v) is 29.9. The number of hydrogen-bond donors (Lipinski definition) is 2. The van der Waals surface area contributed by atoms with E-state index in [9.17, 15) is 18.0 Å². The maximum atomic E-state index is 14.8. The molecule has 0 spiro atoms. The molecular weight excluding hydrogens is 662 g/mol. The molecule has 4 aromatic rings. The standard InChI is InChI=1S/C37H44ClN5O5S/c1-24(32-21-39-33-8-6-5-7-31(32)33)35(36(44)43-23-25(22-41(2)3)19-26-20-27(38)9-14-34(26)43)40-37(45)42-17-15-29(16-18-42)48-28-10-12-30(13-11-28)49(4,46)47/h5-14,20-21,24-25,29,35,39H,15-19,22-23H2,1-4H3,(H,40,45)/t24-,25-,35-/m1/s1. The van der Waals surface area contributed by atoms with E-state index >= 15 is 0 Å². The Labute approximate surface area is 293 Å². The lowest BCUT2D eigenvalue weighted by molar-refractivity contribution is -0.121. The van der Waals surface area contributed by atoms with Crippen LogP contribution >= 0.6 is 11.6 Å². The number of para-hydroxylation sites is 1. The van der Waals surface area contributed by atoms with Gasteiger partial charge in [0.25, 0.3) is 0 Å². The molecule has 6 rings (SSSR count). The van der Waals surface area contributed by atoms with Crippen LogP contribution in [0.15, 0.2) is 77.8 Å². The number of rotatable bonds is 9. The quantitative estimate of drug-likeness (QED) is 0.230. The highest BCUT2D eigenvalue weighted by atomic mass is 35.5. The third-order valence-electron chi connectivity index (χ3n) is 9.61. The van der Waals surface area contributed by atoms with E-state index in [2.05, 4.69) is 15.2 Å². The second-order valence-corrected chi connectivity index (χ2v) is 16.1. The van der Waals surface area contributed by atoms with Gasteiger partial charge in [0.2, 0.25) is 5.91 Å². The average molecular weight is 706 g/mol. The average Bonchev–Trinajstić information content (AvgIpc) is 3.50. The Morgan fingerprint density at radius 1 is 1.06 bits per heavy atom. The molecule has 49 heavy (non-hydrogen) atoms. The van der Waals surface area contributed by atoms with Gasteiger partial charge in [-0.1, -0.05) is 36.7 Å². The molecular formula is C37H44ClN5O5S. The number of piperidine rings is 1. The SMILES string of the molecule is C[C@H](c1c[nH]c2ccccc12)[C@@H](NC(=O)N1CCC(Oc2ccc(S(C)(=O)=O)cc2)CC1)C(=O)N1C[C@@H](CN(C)C)Cc2cc(Cl)ccc21. The number of amides is 3. The Balaban J connectivity index is 1.22. The first-order valence-corrected chi connectivity index (χ1v) is 19.0. The van der Waals surface area contributed by atoms with Crippen LogP contribution in [-0.4, -0.2) is 93.8 Å². The molecule has 0 unspecified atom stereocenters. The highest BCUT2D eigenvalue weighted by Gasteiger charge is 2.38. The van der Waals surface area contributed by atoms with Crippen molar-refractivity contribution >= 4 is 50.0 Å². The number of aromatic nitrogens is 1. The maximum Gasteiger partial charge on any atom is 0.318 e. The largest absolute Gasteiger partial charge is 0.490 e. The molecule has 2 aliphatic heterocycles. The summed E-state index contributed by atoms with van der Waals surface area (Å²) in [6.45, 7) is 4.25. The van der Waals surface area contributed by atoms with E-state index in [-0.39, 0.29) is 34.8 Å². The van der Waals surface area contributed by atoms with Crippen LogP contribution in [-0.2, 0) is 21.1 Å². The first-order chi connectivity index (χ1) is 23.4. The molecule has 1 fully saturated rings. The van der Waals surface area contributed by atoms with Gasteiger partial charge in [0.15, 0.2) is 9.84 Å². The number of benzene rings is 3. The first-order valence-electron chi connectivity index (χ1n) is 16.7. The predicted molar refractivity (Wildman–Crippen MR) is 193 cm³/mol. The summed E-state index contributed by atoms with van der Waals surface area (Å²) in [5.41, 5.74) is 3.79.